The van der Waals surface area contributed by atoms with Crippen LogP contribution in [0.25, 0.3) is 0 Å². The fourth-order valence-corrected chi connectivity index (χ4v) is 1.56. The van der Waals surface area contributed by atoms with Gasteiger partial charge in [-0.25, -0.2) is 4.39 Å². The van der Waals surface area contributed by atoms with Gasteiger partial charge in [0.15, 0.2) is 0 Å². The highest BCUT2D eigenvalue weighted by Gasteiger charge is 2.03. The molecule has 0 atom stereocenters. The van der Waals surface area contributed by atoms with Crippen molar-refractivity contribution in [3.8, 4) is 0 Å². The zero-order chi connectivity index (χ0) is 12.3. The Hall–Kier alpha value is -2.10. The summed E-state index contributed by atoms with van der Waals surface area (Å²) in [7, 11) is 1.94. The molecule has 0 saturated heterocycles. The minimum atomic E-state index is -0.229. The summed E-state index contributed by atoms with van der Waals surface area (Å²) in [4.78, 5) is 6.22. The van der Waals surface area contributed by atoms with E-state index in [9.17, 15) is 4.39 Å². The van der Waals surface area contributed by atoms with Crippen LogP contribution < -0.4 is 10.6 Å². The van der Waals surface area contributed by atoms with E-state index in [0.717, 1.165) is 11.4 Å². The van der Waals surface area contributed by atoms with Crippen molar-refractivity contribution in [3.63, 3.8) is 0 Å². The molecule has 0 saturated carbocycles. The molecule has 0 unspecified atom stereocenters. The Labute approximate surface area is 99.7 Å². The van der Waals surface area contributed by atoms with Crippen LogP contribution in [0.3, 0.4) is 0 Å². The maximum atomic E-state index is 12.8. The van der Waals surface area contributed by atoms with Crippen LogP contribution in [0.2, 0.25) is 0 Å². The van der Waals surface area contributed by atoms with Crippen molar-refractivity contribution >= 4 is 11.4 Å². The standard InChI is InChI=1S/C13H14FN3/c1-17(13-6-2-10(14)3-7-13)9-12-5-4-11(15)8-16-12/h2-8H,9,15H2,1H3. The summed E-state index contributed by atoms with van der Waals surface area (Å²) in [6.45, 7) is 0.659. The third kappa shape index (κ3) is 2.93. The first-order chi connectivity index (χ1) is 8.15. The van der Waals surface area contributed by atoms with E-state index in [4.69, 9.17) is 5.73 Å². The lowest BCUT2D eigenvalue weighted by atomic mass is 10.2. The largest absolute Gasteiger partial charge is 0.397 e. The van der Waals surface area contributed by atoms with Gasteiger partial charge in [-0.1, -0.05) is 0 Å². The Morgan fingerprint density at radius 2 is 1.88 bits per heavy atom. The van der Waals surface area contributed by atoms with Crippen LogP contribution in [0.15, 0.2) is 42.6 Å². The number of nitrogens with two attached hydrogens (primary N) is 1. The number of benzene rings is 1. The maximum absolute atomic E-state index is 12.8. The molecule has 0 spiro atoms. The molecule has 0 radical (unpaired) electrons. The Kier molecular flexibility index (Phi) is 3.23. The van der Waals surface area contributed by atoms with E-state index in [1.807, 2.05) is 24.1 Å². The van der Waals surface area contributed by atoms with Crippen LogP contribution in [-0.4, -0.2) is 12.0 Å². The Balaban J connectivity index is 2.08. The van der Waals surface area contributed by atoms with E-state index < -0.39 is 0 Å². The number of anilines is 2. The molecule has 2 N–H and O–H groups in total. The lowest BCUT2D eigenvalue weighted by Crippen LogP contribution is -2.17. The van der Waals surface area contributed by atoms with Gasteiger partial charge in [0.1, 0.15) is 5.82 Å². The van der Waals surface area contributed by atoms with E-state index in [1.165, 1.54) is 12.1 Å². The van der Waals surface area contributed by atoms with Gasteiger partial charge < -0.3 is 10.6 Å². The molecule has 1 aromatic heterocycles. The van der Waals surface area contributed by atoms with Gasteiger partial charge in [-0.3, -0.25) is 4.98 Å². The van der Waals surface area contributed by atoms with Crippen molar-refractivity contribution in [2.45, 2.75) is 6.54 Å². The molecule has 88 valence electrons. The van der Waals surface area contributed by atoms with E-state index in [2.05, 4.69) is 4.98 Å². The molecule has 0 fully saturated rings. The van der Waals surface area contributed by atoms with Gasteiger partial charge in [-0.05, 0) is 36.4 Å². The Morgan fingerprint density at radius 1 is 1.18 bits per heavy atom. The summed E-state index contributed by atoms with van der Waals surface area (Å²) < 4.78 is 12.8. The van der Waals surface area contributed by atoms with E-state index in [-0.39, 0.29) is 5.82 Å². The predicted molar refractivity (Wildman–Crippen MR) is 67.2 cm³/mol. The summed E-state index contributed by atoms with van der Waals surface area (Å²) in [6.07, 6.45) is 1.63. The summed E-state index contributed by atoms with van der Waals surface area (Å²) in [5, 5.41) is 0. The van der Waals surface area contributed by atoms with Crippen molar-refractivity contribution in [1.82, 2.24) is 4.98 Å². The highest BCUT2D eigenvalue weighted by atomic mass is 19.1. The Morgan fingerprint density at radius 3 is 2.47 bits per heavy atom. The number of hydrogen-bond acceptors (Lipinski definition) is 3. The van der Waals surface area contributed by atoms with Gasteiger partial charge in [0, 0.05) is 12.7 Å². The van der Waals surface area contributed by atoms with Gasteiger partial charge in [0.2, 0.25) is 0 Å². The number of hydrogen-bond donors (Lipinski definition) is 1. The minimum absolute atomic E-state index is 0.229. The van der Waals surface area contributed by atoms with Gasteiger partial charge in [-0.2, -0.15) is 0 Å². The number of nitrogens with zero attached hydrogens (tertiary/aromatic N) is 2. The van der Waals surface area contributed by atoms with E-state index in [0.29, 0.717) is 12.2 Å². The third-order valence-electron chi connectivity index (χ3n) is 2.51. The molecule has 0 aliphatic rings. The van der Waals surface area contributed by atoms with Crippen molar-refractivity contribution in [2.75, 3.05) is 17.7 Å². The highest BCUT2D eigenvalue weighted by Crippen LogP contribution is 2.15. The SMILES string of the molecule is CN(Cc1ccc(N)cn1)c1ccc(F)cc1. The number of pyridine rings is 1. The van der Waals surface area contributed by atoms with E-state index in [1.54, 1.807) is 18.3 Å². The van der Waals surface area contributed by atoms with Crippen LogP contribution >= 0.6 is 0 Å². The van der Waals surface area contributed by atoms with Crippen molar-refractivity contribution in [3.05, 3.63) is 54.1 Å². The molecule has 0 amide bonds. The van der Waals surface area contributed by atoms with Gasteiger partial charge >= 0.3 is 0 Å². The van der Waals surface area contributed by atoms with Gasteiger partial charge in [-0.15, -0.1) is 0 Å². The lowest BCUT2D eigenvalue weighted by Gasteiger charge is -2.18. The molecule has 2 aromatic rings. The van der Waals surface area contributed by atoms with Crippen LogP contribution in [0, 0.1) is 5.82 Å². The van der Waals surface area contributed by atoms with Crippen molar-refractivity contribution in [2.24, 2.45) is 0 Å². The second-order valence-electron chi connectivity index (χ2n) is 3.92. The molecule has 0 aliphatic carbocycles. The molecule has 1 heterocycles. The molecular formula is C13H14FN3. The van der Waals surface area contributed by atoms with Crippen LogP contribution in [0.1, 0.15) is 5.69 Å². The third-order valence-corrected chi connectivity index (χ3v) is 2.51. The molecule has 4 heteroatoms. The maximum Gasteiger partial charge on any atom is 0.123 e. The number of halogens is 1. The molecule has 0 bridgehead atoms. The fraction of sp³-hybridized carbons (Fsp3) is 0.154. The van der Waals surface area contributed by atoms with Crippen LogP contribution in [-0.2, 0) is 6.54 Å². The lowest BCUT2D eigenvalue weighted by molar-refractivity contribution is 0.627. The molecule has 1 aromatic carbocycles. The monoisotopic (exact) mass is 231 g/mol. The highest BCUT2D eigenvalue weighted by molar-refractivity contribution is 5.46. The van der Waals surface area contributed by atoms with Crippen molar-refractivity contribution in [1.29, 1.82) is 0 Å². The topological polar surface area (TPSA) is 42.1 Å². The number of aromatic nitrogens is 1. The quantitative estimate of drug-likeness (QED) is 0.882. The Bertz CT molecular complexity index is 479. The number of rotatable bonds is 3. The second kappa shape index (κ2) is 4.82. The minimum Gasteiger partial charge on any atom is -0.397 e. The summed E-state index contributed by atoms with van der Waals surface area (Å²) >= 11 is 0. The van der Waals surface area contributed by atoms with Gasteiger partial charge in [0.25, 0.3) is 0 Å². The summed E-state index contributed by atoms with van der Waals surface area (Å²) in [5.41, 5.74) is 8.09. The first kappa shape index (κ1) is 11.4. The van der Waals surface area contributed by atoms with Crippen molar-refractivity contribution < 1.29 is 4.39 Å². The molecule has 0 aliphatic heterocycles. The molecule has 3 nitrogen and oxygen atoms in total. The first-order valence-corrected chi connectivity index (χ1v) is 5.32. The molecule has 17 heavy (non-hydrogen) atoms. The smallest absolute Gasteiger partial charge is 0.123 e. The molecular weight excluding hydrogens is 217 g/mol. The average Bonchev–Trinajstić information content (AvgIpc) is 2.33. The predicted octanol–water partition coefficient (Wildman–Crippen LogP) is 2.44. The van der Waals surface area contributed by atoms with Crippen LogP contribution in [0.5, 0.6) is 0 Å². The molecule has 2 rings (SSSR count). The second-order valence-corrected chi connectivity index (χ2v) is 3.92. The number of nitrogen functional groups attached to an aromatic ring is 1. The van der Waals surface area contributed by atoms with Crippen LogP contribution in [0.4, 0.5) is 15.8 Å². The zero-order valence-electron chi connectivity index (χ0n) is 9.60. The first-order valence-electron chi connectivity index (χ1n) is 5.32. The zero-order valence-corrected chi connectivity index (χ0v) is 9.60. The fourth-order valence-electron chi connectivity index (χ4n) is 1.56. The van der Waals surface area contributed by atoms with Gasteiger partial charge in [0.05, 0.1) is 24.1 Å². The average molecular weight is 231 g/mol. The van der Waals surface area contributed by atoms with E-state index >= 15 is 0 Å². The normalized spacial score (nSPS) is 10.2. The summed E-state index contributed by atoms with van der Waals surface area (Å²) in [6, 6.07) is 10.1. The summed E-state index contributed by atoms with van der Waals surface area (Å²) in [5.74, 6) is -0.229.